The van der Waals surface area contributed by atoms with Gasteiger partial charge in [0.15, 0.2) is 0 Å². The molecule has 2 atom stereocenters. The summed E-state index contributed by atoms with van der Waals surface area (Å²) in [4.78, 5) is 34.4. The van der Waals surface area contributed by atoms with Crippen molar-refractivity contribution in [2.75, 3.05) is 53.4 Å². The molecule has 2 amide bonds. The Labute approximate surface area is 235 Å². The Kier molecular flexibility index (Phi) is 8.77. The number of benzene rings is 3. The Hall–Kier alpha value is -3.75. The molecule has 210 valence electrons. The van der Waals surface area contributed by atoms with Crippen LogP contribution >= 0.6 is 0 Å². The van der Waals surface area contributed by atoms with Crippen LogP contribution < -0.4 is 10.1 Å². The number of carbonyl (C=O) groups excluding carboxylic acids is 2. The van der Waals surface area contributed by atoms with Crippen molar-refractivity contribution in [1.82, 2.24) is 20.0 Å². The van der Waals surface area contributed by atoms with E-state index in [0.717, 1.165) is 55.8 Å². The van der Waals surface area contributed by atoms with E-state index in [9.17, 15) is 14.0 Å². The fourth-order valence-corrected chi connectivity index (χ4v) is 5.70. The van der Waals surface area contributed by atoms with Gasteiger partial charge in [-0.05, 0) is 67.0 Å². The Bertz CT molecular complexity index is 1310. The fourth-order valence-electron chi connectivity index (χ4n) is 5.70. The van der Waals surface area contributed by atoms with E-state index in [1.807, 2.05) is 42.5 Å². The molecule has 2 aliphatic rings. The zero-order valence-electron chi connectivity index (χ0n) is 23.2. The molecule has 0 unspecified atom stereocenters. The monoisotopic (exact) mass is 544 g/mol. The standard InChI is InChI=1S/C32H37FN4O3/c1-35-18-20-36(21-19-35)17-5-16-34-31(38)29-27-6-3-4-7-28(27)32(39)37(22-23-8-12-25(33)13-9-23)30(29)24-10-14-26(40-2)15-11-24/h3-4,6-15,29-30H,5,16-22H2,1-2H3,(H,34,38)/t29-,30+/m0/s1. The smallest absolute Gasteiger partial charge is 0.255 e. The van der Waals surface area contributed by atoms with Gasteiger partial charge >= 0.3 is 0 Å². The van der Waals surface area contributed by atoms with Gasteiger partial charge in [0.25, 0.3) is 5.91 Å². The second kappa shape index (κ2) is 12.6. The number of methoxy groups -OCH3 is 1. The summed E-state index contributed by atoms with van der Waals surface area (Å²) in [6.07, 6.45) is 0.856. The average molecular weight is 545 g/mol. The Morgan fingerprint density at radius 1 is 0.975 bits per heavy atom. The van der Waals surface area contributed by atoms with Crippen molar-refractivity contribution in [2.24, 2.45) is 0 Å². The van der Waals surface area contributed by atoms with Crippen LogP contribution in [0.15, 0.2) is 72.8 Å². The number of ether oxygens (including phenoxy) is 1. The summed E-state index contributed by atoms with van der Waals surface area (Å²) in [7, 11) is 3.75. The SMILES string of the molecule is COc1ccc([C@@H]2[C@@H](C(=O)NCCCN3CCN(C)CC3)c3ccccc3C(=O)N2Cc2ccc(F)cc2)cc1. The van der Waals surface area contributed by atoms with E-state index in [-0.39, 0.29) is 24.2 Å². The van der Waals surface area contributed by atoms with E-state index in [4.69, 9.17) is 4.74 Å². The molecule has 7 nitrogen and oxygen atoms in total. The third-order valence-corrected chi connectivity index (χ3v) is 7.99. The van der Waals surface area contributed by atoms with Crippen LogP contribution in [0.4, 0.5) is 4.39 Å². The van der Waals surface area contributed by atoms with Gasteiger partial charge in [0.05, 0.1) is 19.1 Å². The van der Waals surface area contributed by atoms with E-state index in [1.165, 1.54) is 12.1 Å². The number of likely N-dealkylation sites (N-methyl/N-ethyl adjacent to an activating group) is 1. The van der Waals surface area contributed by atoms with Crippen molar-refractivity contribution in [1.29, 1.82) is 0 Å². The number of nitrogens with zero attached hydrogens (tertiary/aromatic N) is 3. The number of carbonyl (C=O) groups is 2. The van der Waals surface area contributed by atoms with Gasteiger partial charge in [0.2, 0.25) is 5.91 Å². The molecule has 0 saturated carbocycles. The van der Waals surface area contributed by atoms with Gasteiger partial charge in [-0.2, -0.15) is 0 Å². The molecule has 0 bridgehead atoms. The predicted octanol–water partition coefficient (Wildman–Crippen LogP) is 4.07. The molecule has 5 rings (SSSR count). The largest absolute Gasteiger partial charge is 0.497 e. The molecular formula is C32H37FN4O3. The fraction of sp³-hybridized carbons (Fsp3) is 0.375. The highest BCUT2D eigenvalue weighted by Gasteiger charge is 2.44. The first-order valence-electron chi connectivity index (χ1n) is 13.9. The zero-order valence-corrected chi connectivity index (χ0v) is 23.2. The van der Waals surface area contributed by atoms with Crippen LogP contribution in [0.1, 0.15) is 45.4 Å². The number of nitrogens with one attached hydrogen (secondary N) is 1. The molecule has 40 heavy (non-hydrogen) atoms. The molecule has 8 heteroatoms. The molecule has 2 aliphatic heterocycles. The molecule has 3 aromatic rings. The number of halogens is 1. The first-order valence-corrected chi connectivity index (χ1v) is 13.9. The van der Waals surface area contributed by atoms with Crippen molar-refractivity contribution in [3.05, 3.63) is 101 Å². The molecule has 0 aliphatic carbocycles. The summed E-state index contributed by atoms with van der Waals surface area (Å²) in [5.74, 6) is -0.504. The summed E-state index contributed by atoms with van der Waals surface area (Å²) in [6, 6.07) is 20.5. The summed E-state index contributed by atoms with van der Waals surface area (Å²) in [5, 5.41) is 3.18. The lowest BCUT2D eigenvalue weighted by Gasteiger charge is -2.42. The van der Waals surface area contributed by atoms with E-state index < -0.39 is 12.0 Å². The Morgan fingerprint density at radius 2 is 1.68 bits per heavy atom. The maximum absolute atomic E-state index is 14.0. The zero-order chi connectivity index (χ0) is 28.1. The summed E-state index contributed by atoms with van der Waals surface area (Å²) in [6.45, 7) is 5.95. The second-order valence-electron chi connectivity index (χ2n) is 10.6. The second-order valence-corrected chi connectivity index (χ2v) is 10.6. The highest BCUT2D eigenvalue weighted by atomic mass is 19.1. The van der Waals surface area contributed by atoms with Crippen molar-refractivity contribution >= 4 is 11.8 Å². The third kappa shape index (κ3) is 6.18. The Balaban J connectivity index is 1.43. The van der Waals surface area contributed by atoms with Crippen molar-refractivity contribution in [3.63, 3.8) is 0 Å². The summed E-state index contributed by atoms with van der Waals surface area (Å²) in [5.41, 5.74) is 2.87. The van der Waals surface area contributed by atoms with Crippen LogP contribution in [-0.4, -0.2) is 79.9 Å². The minimum Gasteiger partial charge on any atom is -0.497 e. The molecule has 1 fully saturated rings. The Morgan fingerprint density at radius 3 is 2.38 bits per heavy atom. The van der Waals surface area contributed by atoms with Gasteiger partial charge < -0.3 is 24.8 Å². The summed E-state index contributed by atoms with van der Waals surface area (Å²) < 4.78 is 19.0. The lowest BCUT2D eigenvalue weighted by Crippen LogP contribution is -2.47. The van der Waals surface area contributed by atoms with Gasteiger partial charge in [-0.3, -0.25) is 9.59 Å². The highest BCUT2D eigenvalue weighted by molar-refractivity contribution is 6.01. The molecule has 3 aromatic carbocycles. The van der Waals surface area contributed by atoms with Gasteiger partial charge in [-0.1, -0.05) is 42.5 Å². The lowest BCUT2D eigenvalue weighted by molar-refractivity contribution is -0.124. The molecule has 1 saturated heterocycles. The lowest BCUT2D eigenvalue weighted by atomic mass is 9.79. The molecule has 0 spiro atoms. The molecule has 1 N–H and O–H groups in total. The average Bonchev–Trinajstić information content (AvgIpc) is 2.98. The maximum Gasteiger partial charge on any atom is 0.255 e. The number of hydrogen-bond donors (Lipinski definition) is 1. The number of hydrogen-bond acceptors (Lipinski definition) is 5. The molecule has 2 heterocycles. The van der Waals surface area contributed by atoms with E-state index in [2.05, 4.69) is 22.2 Å². The quantitative estimate of drug-likeness (QED) is 0.412. The normalized spacial score (nSPS) is 19.8. The van der Waals surface area contributed by atoms with Gasteiger partial charge in [0.1, 0.15) is 11.6 Å². The van der Waals surface area contributed by atoms with Gasteiger partial charge in [0, 0.05) is 44.8 Å². The first kappa shape index (κ1) is 27.8. The number of amides is 2. The minimum absolute atomic E-state index is 0.108. The first-order chi connectivity index (χ1) is 19.4. The minimum atomic E-state index is -0.605. The molecule has 0 radical (unpaired) electrons. The van der Waals surface area contributed by atoms with Crippen LogP contribution in [0.5, 0.6) is 5.75 Å². The molecule has 0 aromatic heterocycles. The van der Waals surface area contributed by atoms with E-state index in [0.29, 0.717) is 17.9 Å². The van der Waals surface area contributed by atoms with Crippen LogP contribution in [0.2, 0.25) is 0 Å². The van der Waals surface area contributed by atoms with Crippen molar-refractivity contribution in [2.45, 2.75) is 24.9 Å². The number of fused-ring (bicyclic) bond motifs is 1. The van der Waals surface area contributed by atoms with Crippen LogP contribution in [-0.2, 0) is 11.3 Å². The van der Waals surface area contributed by atoms with Crippen LogP contribution in [0, 0.1) is 5.82 Å². The third-order valence-electron chi connectivity index (χ3n) is 7.99. The van der Waals surface area contributed by atoms with E-state index >= 15 is 0 Å². The highest BCUT2D eigenvalue weighted by Crippen LogP contribution is 2.44. The molecular weight excluding hydrogens is 507 g/mol. The summed E-state index contributed by atoms with van der Waals surface area (Å²) >= 11 is 0. The van der Waals surface area contributed by atoms with Gasteiger partial charge in [-0.15, -0.1) is 0 Å². The number of rotatable bonds is 9. The topological polar surface area (TPSA) is 65.1 Å². The van der Waals surface area contributed by atoms with Crippen LogP contribution in [0.3, 0.4) is 0 Å². The van der Waals surface area contributed by atoms with Gasteiger partial charge in [-0.25, -0.2) is 4.39 Å². The van der Waals surface area contributed by atoms with Crippen LogP contribution in [0.25, 0.3) is 0 Å². The van der Waals surface area contributed by atoms with E-state index in [1.54, 1.807) is 30.2 Å². The van der Waals surface area contributed by atoms with Crippen molar-refractivity contribution < 1.29 is 18.7 Å². The van der Waals surface area contributed by atoms with Crippen molar-refractivity contribution in [3.8, 4) is 5.75 Å². The predicted molar refractivity (Wildman–Crippen MR) is 153 cm³/mol. The maximum atomic E-state index is 14.0. The number of piperazine rings is 1.